The van der Waals surface area contributed by atoms with Crippen LogP contribution in [0.25, 0.3) is 0 Å². The van der Waals surface area contributed by atoms with E-state index in [9.17, 15) is 4.79 Å². The molecule has 0 unspecified atom stereocenters. The van der Waals surface area contributed by atoms with Crippen molar-refractivity contribution in [2.24, 2.45) is 0 Å². The molecule has 0 aromatic carbocycles. The van der Waals surface area contributed by atoms with Crippen LogP contribution in [0.4, 0.5) is 5.82 Å². The minimum Gasteiger partial charge on any atom is -0.481 e. The average molecular weight is 181 g/mol. The fraction of sp³-hybridized carbons (Fsp3) is 0.375. The Balaban J connectivity index is 2.45. The normalized spacial score (nSPS) is 12.1. The molecule has 1 aromatic heterocycles. The minimum atomic E-state index is -0.825. The Morgan fingerprint density at radius 2 is 2.54 bits per heavy atom. The van der Waals surface area contributed by atoms with E-state index in [0.717, 1.165) is 0 Å². The highest BCUT2D eigenvalue weighted by Gasteiger charge is 2.06. The van der Waals surface area contributed by atoms with E-state index in [0.29, 0.717) is 5.82 Å². The van der Waals surface area contributed by atoms with Crippen molar-refractivity contribution in [1.29, 1.82) is 0 Å². The number of aliphatic carboxylic acids is 1. The molecule has 0 radical (unpaired) electrons. The van der Waals surface area contributed by atoms with Crippen LogP contribution in [0.1, 0.15) is 13.3 Å². The molecule has 0 aliphatic carbocycles. The summed E-state index contributed by atoms with van der Waals surface area (Å²) in [6.45, 7) is 1.79. The third-order valence-electron chi connectivity index (χ3n) is 1.46. The number of nitrogens with zero attached hydrogens (tertiary/aromatic N) is 2. The Morgan fingerprint density at radius 1 is 1.77 bits per heavy atom. The lowest BCUT2D eigenvalue weighted by atomic mass is 10.2. The van der Waals surface area contributed by atoms with Gasteiger partial charge in [-0.15, -0.1) is 0 Å². The third kappa shape index (κ3) is 3.50. The first-order chi connectivity index (χ1) is 6.18. The van der Waals surface area contributed by atoms with Crippen molar-refractivity contribution in [2.45, 2.75) is 19.4 Å². The van der Waals surface area contributed by atoms with Gasteiger partial charge in [-0.3, -0.25) is 4.79 Å². The van der Waals surface area contributed by atoms with Crippen LogP contribution in [-0.4, -0.2) is 27.1 Å². The zero-order valence-electron chi connectivity index (χ0n) is 7.27. The molecular formula is C8H11N3O2. The summed E-state index contributed by atoms with van der Waals surface area (Å²) in [6.07, 6.45) is 3.09. The van der Waals surface area contributed by atoms with Gasteiger partial charge < -0.3 is 10.4 Å². The Bertz CT molecular complexity index is 276. The average Bonchev–Trinajstić information content (AvgIpc) is 2.04. The summed E-state index contributed by atoms with van der Waals surface area (Å²) in [7, 11) is 0. The van der Waals surface area contributed by atoms with Crippen LogP contribution >= 0.6 is 0 Å². The van der Waals surface area contributed by atoms with Gasteiger partial charge in [0, 0.05) is 12.2 Å². The van der Waals surface area contributed by atoms with Crippen molar-refractivity contribution in [3.63, 3.8) is 0 Å². The maximum Gasteiger partial charge on any atom is 0.305 e. The molecule has 70 valence electrons. The first kappa shape index (κ1) is 9.44. The van der Waals surface area contributed by atoms with Gasteiger partial charge in [-0.05, 0) is 13.0 Å². The zero-order valence-corrected chi connectivity index (χ0v) is 7.27. The molecule has 0 fully saturated rings. The topological polar surface area (TPSA) is 75.1 Å². The van der Waals surface area contributed by atoms with Crippen molar-refractivity contribution < 1.29 is 9.90 Å². The van der Waals surface area contributed by atoms with E-state index >= 15 is 0 Å². The third-order valence-corrected chi connectivity index (χ3v) is 1.46. The smallest absolute Gasteiger partial charge is 0.305 e. The van der Waals surface area contributed by atoms with E-state index in [4.69, 9.17) is 5.11 Å². The summed E-state index contributed by atoms with van der Waals surface area (Å²) in [4.78, 5) is 18.0. The first-order valence-electron chi connectivity index (χ1n) is 3.93. The summed E-state index contributed by atoms with van der Waals surface area (Å²) in [5.74, 6) is -0.183. The van der Waals surface area contributed by atoms with Crippen molar-refractivity contribution in [1.82, 2.24) is 9.97 Å². The molecule has 5 nitrogen and oxygen atoms in total. The van der Waals surface area contributed by atoms with E-state index in [1.807, 2.05) is 0 Å². The van der Waals surface area contributed by atoms with Gasteiger partial charge >= 0.3 is 5.97 Å². The first-order valence-corrected chi connectivity index (χ1v) is 3.93. The van der Waals surface area contributed by atoms with Crippen LogP contribution in [0.3, 0.4) is 0 Å². The Morgan fingerprint density at radius 3 is 3.08 bits per heavy atom. The Hall–Kier alpha value is -1.65. The molecule has 0 aliphatic heterocycles. The quantitative estimate of drug-likeness (QED) is 0.717. The number of anilines is 1. The van der Waals surface area contributed by atoms with Crippen LogP contribution in [-0.2, 0) is 4.79 Å². The van der Waals surface area contributed by atoms with Crippen molar-refractivity contribution in [3.8, 4) is 0 Å². The van der Waals surface area contributed by atoms with Gasteiger partial charge in [0.1, 0.15) is 12.1 Å². The van der Waals surface area contributed by atoms with Crippen molar-refractivity contribution in [2.75, 3.05) is 5.32 Å². The maximum absolute atomic E-state index is 10.3. The molecular weight excluding hydrogens is 170 g/mol. The SMILES string of the molecule is C[C@H](CC(=O)O)Nc1ccncn1. The van der Waals surface area contributed by atoms with E-state index in [1.54, 1.807) is 19.2 Å². The number of nitrogens with one attached hydrogen (secondary N) is 1. The summed E-state index contributed by atoms with van der Waals surface area (Å²) < 4.78 is 0. The molecule has 5 heteroatoms. The highest BCUT2D eigenvalue weighted by molar-refractivity contribution is 5.68. The van der Waals surface area contributed by atoms with Crippen LogP contribution in [0.2, 0.25) is 0 Å². The fourth-order valence-corrected chi connectivity index (χ4v) is 0.941. The zero-order chi connectivity index (χ0) is 9.68. The van der Waals surface area contributed by atoms with Gasteiger partial charge in [-0.1, -0.05) is 0 Å². The minimum absolute atomic E-state index is 0.0734. The highest BCUT2D eigenvalue weighted by atomic mass is 16.4. The predicted octanol–water partition coefficient (Wildman–Crippen LogP) is 0.752. The molecule has 1 atom stereocenters. The van der Waals surface area contributed by atoms with Crippen LogP contribution in [0.15, 0.2) is 18.6 Å². The van der Waals surface area contributed by atoms with Crippen LogP contribution in [0.5, 0.6) is 0 Å². The molecule has 0 saturated carbocycles. The fourth-order valence-electron chi connectivity index (χ4n) is 0.941. The second-order valence-electron chi connectivity index (χ2n) is 2.74. The van der Waals surface area contributed by atoms with Gasteiger partial charge in [0.2, 0.25) is 0 Å². The largest absolute Gasteiger partial charge is 0.481 e. The lowest BCUT2D eigenvalue weighted by Crippen LogP contribution is -2.19. The Labute approximate surface area is 75.8 Å². The molecule has 0 saturated heterocycles. The van der Waals surface area contributed by atoms with Crippen molar-refractivity contribution in [3.05, 3.63) is 18.6 Å². The number of carbonyl (C=O) groups is 1. The molecule has 1 aromatic rings. The molecule has 0 amide bonds. The van der Waals surface area contributed by atoms with Crippen molar-refractivity contribution >= 4 is 11.8 Å². The molecule has 0 bridgehead atoms. The lowest BCUT2D eigenvalue weighted by molar-refractivity contribution is -0.137. The standard InChI is InChI=1S/C8H11N3O2/c1-6(4-8(12)13)11-7-2-3-9-5-10-7/h2-3,5-6H,4H2,1H3,(H,12,13)(H,9,10,11)/t6-/m1/s1. The number of hydrogen-bond donors (Lipinski definition) is 2. The number of carboxylic acids is 1. The van der Waals surface area contributed by atoms with Gasteiger partial charge in [-0.25, -0.2) is 9.97 Å². The lowest BCUT2D eigenvalue weighted by Gasteiger charge is -2.10. The van der Waals surface area contributed by atoms with Gasteiger partial charge in [0.05, 0.1) is 6.42 Å². The number of aromatic nitrogens is 2. The van der Waals surface area contributed by atoms with Crippen LogP contribution < -0.4 is 5.32 Å². The molecule has 1 rings (SSSR count). The summed E-state index contributed by atoms with van der Waals surface area (Å²) in [5.41, 5.74) is 0. The monoisotopic (exact) mass is 181 g/mol. The van der Waals surface area contributed by atoms with Gasteiger partial charge in [-0.2, -0.15) is 0 Å². The predicted molar refractivity (Wildman–Crippen MR) is 47.4 cm³/mol. The molecule has 0 spiro atoms. The van der Waals surface area contributed by atoms with E-state index in [-0.39, 0.29) is 12.5 Å². The highest BCUT2D eigenvalue weighted by Crippen LogP contribution is 2.03. The summed E-state index contributed by atoms with van der Waals surface area (Å²) in [5, 5.41) is 11.4. The van der Waals surface area contributed by atoms with Gasteiger partial charge in [0.25, 0.3) is 0 Å². The number of carboxylic acid groups (broad SMARTS) is 1. The molecule has 1 heterocycles. The van der Waals surface area contributed by atoms with E-state index < -0.39 is 5.97 Å². The number of rotatable bonds is 4. The van der Waals surface area contributed by atoms with E-state index in [1.165, 1.54) is 6.33 Å². The maximum atomic E-state index is 10.3. The van der Waals surface area contributed by atoms with Crippen LogP contribution in [0, 0.1) is 0 Å². The summed E-state index contributed by atoms with van der Waals surface area (Å²) in [6, 6.07) is 1.56. The second-order valence-corrected chi connectivity index (χ2v) is 2.74. The summed E-state index contributed by atoms with van der Waals surface area (Å²) >= 11 is 0. The number of hydrogen-bond acceptors (Lipinski definition) is 4. The molecule has 13 heavy (non-hydrogen) atoms. The molecule has 0 aliphatic rings. The van der Waals surface area contributed by atoms with E-state index in [2.05, 4.69) is 15.3 Å². The molecule has 2 N–H and O–H groups in total. The second kappa shape index (κ2) is 4.39. The Kier molecular flexibility index (Phi) is 3.19. The van der Waals surface area contributed by atoms with Gasteiger partial charge in [0.15, 0.2) is 0 Å².